The highest BCUT2D eigenvalue weighted by molar-refractivity contribution is 5.74. The fraction of sp³-hybridized carbons (Fsp3) is 0.778. The molecule has 0 aromatic rings. The Morgan fingerprint density at radius 2 is 1.93 bits per heavy atom. The zero-order chi connectivity index (χ0) is 10.4. The van der Waals surface area contributed by atoms with E-state index in [1.807, 2.05) is 0 Å². The molecule has 0 saturated carbocycles. The number of carboxylic acid groups (broad SMARTS) is 1. The molecule has 1 saturated heterocycles. The first kappa shape index (κ1) is 10.8. The molecule has 5 heteroatoms. The molecule has 0 aromatic heterocycles. The molecule has 14 heavy (non-hydrogen) atoms. The first-order valence-electron chi connectivity index (χ1n) is 4.95. The summed E-state index contributed by atoms with van der Waals surface area (Å²) in [5.41, 5.74) is 0. The number of hydrogen-bond acceptors (Lipinski definition) is 2. The summed E-state index contributed by atoms with van der Waals surface area (Å²) >= 11 is 0. The summed E-state index contributed by atoms with van der Waals surface area (Å²) in [6.45, 7) is 2.09. The number of carbonyl (C=O) groups excluding carboxylic acids is 1. The minimum atomic E-state index is -0.819. The van der Waals surface area contributed by atoms with Crippen molar-refractivity contribution in [3.05, 3.63) is 0 Å². The fourth-order valence-corrected chi connectivity index (χ4v) is 1.47. The van der Waals surface area contributed by atoms with Gasteiger partial charge in [-0.1, -0.05) is 0 Å². The largest absolute Gasteiger partial charge is 0.481 e. The molecule has 0 radical (unpaired) electrons. The third kappa shape index (κ3) is 3.64. The van der Waals surface area contributed by atoms with Gasteiger partial charge in [0.2, 0.25) is 0 Å². The Kier molecular flexibility index (Phi) is 4.22. The molecule has 5 nitrogen and oxygen atoms in total. The Bertz CT molecular complexity index is 212. The number of urea groups is 1. The monoisotopic (exact) mass is 200 g/mol. The Morgan fingerprint density at radius 3 is 2.50 bits per heavy atom. The van der Waals surface area contributed by atoms with E-state index in [0.717, 1.165) is 25.9 Å². The van der Waals surface area contributed by atoms with Gasteiger partial charge in [0.15, 0.2) is 0 Å². The van der Waals surface area contributed by atoms with Gasteiger partial charge >= 0.3 is 12.0 Å². The van der Waals surface area contributed by atoms with Gasteiger partial charge in [-0.3, -0.25) is 4.79 Å². The van der Waals surface area contributed by atoms with Crippen molar-refractivity contribution in [3.63, 3.8) is 0 Å². The van der Waals surface area contributed by atoms with Crippen molar-refractivity contribution in [2.45, 2.75) is 25.7 Å². The number of nitrogens with one attached hydrogen (secondary N) is 1. The minimum absolute atomic E-state index is 0.0621. The van der Waals surface area contributed by atoms with Crippen LogP contribution in [0.25, 0.3) is 0 Å². The molecule has 0 aliphatic carbocycles. The minimum Gasteiger partial charge on any atom is -0.481 e. The lowest BCUT2D eigenvalue weighted by Crippen LogP contribution is -2.38. The number of amides is 2. The van der Waals surface area contributed by atoms with Crippen molar-refractivity contribution in [2.75, 3.05) is 19.6 Å². The quantitative estimate of drug-likeness (QED) is 0.655. The van der Waals surface area contributed by atoms with E-state index in [9.17, 15) is 9.59 Å². The average molecular weight is 200 g/mol. The van der Waals surface area contributed by atoms with Crippen LogP contribution in [0.5, 0.6) is 0 Å². The van der Waals surface area contributed by atoms with Gasteiger partial charge in [0.25, 0.3) is 0 Å². The second-order valence-corrected chi connectivity index (χ2v) is 3.42. The lowest BCUT2D eigenvalue weighted by Gasteiger charge is -2.15. The van der Waals surface area contributed by atoms with E-state index in [-0.39, 0.29) is 12.5 Å². The molecule has 2 N–H and O–H groups in total. The highest BCUT2D eigenvalue weighted by Crippen LogP contribution is 2.06. The summed E-state index contributed by atoms with van der Waals surface area (Å²) in [5.74, 6) is -0.819. The van der Waals surface area contributed by atoms with Crippen molar-refractivity contribution < 1.29 is 14.7 Å². The zero-order valence-corrected chi connectivity index (χ0v) is 8.16. The van der Waals surface area contributed by atoms with Crippen LogP contribution in [0, 0.1) is 0 Å². The number of nitrogens with zero attached hydrogens (tertiary/aromatic N) is 1. The molecule has 1 rings (SSSR count). The summed E-state index contributed by atoms with van der Waals surface area (Å²) < 4.78 is 0. The second kappa shape index (κ2) is 5.47. The number of likely N-dealkylation sites (tertiary alicyclic amines) is 1. The number of carbonyl (C=O) groups is 2. The van der Waals surface area contributed by atoms with Crippen LogP contribution in [-0.2, 0) is 4.79 Å². The molecule has 0 spiro atoms. The third-order valence-corrected chi connectivity index (χ3v) is 2.24. The first-order valence-corrected chi connectivity index (χ1v) is 4.95. The van der Waals surface area contributed by atoms with Gasteiger partial charge in [0.05, 0.1) is 0 Å². The van der Waals surface area contributed by atoms with Gasteiger partial charge in [-0.05, 0) is 19.3 Å². The topological polar surface area (TPSA) is 69.6 Å². The highest BCUT2D eigenvalue weighted by Gasteiger charge is 2.16. The molecule has 0 bridgehead atoms. The zero-order valence-electron chi connectivity index (χ0n) is 8.16. The summed E-state index contributed by atoms with van der Waals surface area (Å²) in [5, 5.41) is 11.1. The third-order valence-electron chi connectivity index (χ3n) is 2.24. The van der Waals surface area contributed by atoms with Crippen LogP contribution in [-0.4, -0.2) is 41.6 Å². The van der Waals surface area contributed by atoms with Gasteiger partial charge in [0.1, 0.15) is 0 Å². The molecular weight excluding hydrogens is 184 g/mol. The van der Waals surface area contributed by atoms with E-state index in [1.54, 1.807) is 4.90 Å². The van der Waals surface area contributed by atoms with Gasteiger partial charge < -0.3 is 15.3 Å². The molecule has 1 heterocycles. The molecule has 1 aliphatic heterocycles. The highest BCUT2D eigenvalue weighted by atomic mass is 16.4. The van der Waals surface area contributed by atoms with Crippen molar-refractivity contribution in [2.24, 2.45) is 0 Å². The first-order chi connectivity index (χ1) is 6.70. The van der Waals surface area contributed by atoms with Crippen LogP contribution in [0.4, 0.5) is 4.79 Å². The van der Waals surface area contributed by atoms with Crippen molar-refractivity contribution in [3.8, 4) is 0 Å². The van der Waals surface area contributed by atoms with Gasteiger partial charge in [-0.25, -0.2) is 4.79 Å². The predicted octanol–water partition coefficient (Wildman–Crippen LogP) is 0.657. The van der Waals surface area contributed by atoms with Crippen LogP contribution >= 0.6 is 0 Å². The Balaban J connectivity index is 2.05. The molecule has 1 fully saturated rings. The molecular formula is C9H16N2O3. The second-order valence-electron chi connectivity index (χ2n) is 3.42. The van der Waals surface area contributed by atoms with Crippen LogP contribution < -0.4 is 5.32 Å². The summed E-state index contributed by atoms with van der Waals surface area (Å²) in [7, 11) is 0. The van der Waals surface area contributed by atoms with Crippen LogP contribution in [0.15, 0.2) is 0 Å². The van der Waals surface area contributed by atoms with Gasteiger partial charge in [0, 0.05) is 26.1 Å². The van der Waals surface area contributed by atoms with Crippen molar-refractivity contribution in [1.82, 2.24) is 10.2 Å². The lowest BCUT2D eigenvalue weighted by atomic mass is 10.3. The standard InChI is InChI=1S/C9H16N2O3/c12-8(13)4-3-5-10-9(14)11-6-1-2-7-11/h1-7H2,(H,10,14)(H,12,13). The summed E-state index contributed by atoms with van der Waals surface area (Å²) in [4.78, 5) is 23.3. The predicted molar refractivity (Wildman–Crippen MR) is 51.1 cm³/mol. The molecule has 2 amide bonds. The van der Waals surface area contributed by atoms with E-state index >= 15 is 0 Å². The lowest BCUT2D eigenvalue weighted by molar-refractivity contribution is -0.137. The molecule has 0 unspecified atom stereocenters. The van der Waals surface area contributed by atoms with Crippen molar-refractivity contribution in [1.29, 1.82) is 0 Å². The van der Waals surface area contributed by atoms with E-state index in [1.165, 1.54) is 0 Å². The molecule has 0 aromatic carbocycles. The molecule has 0 atom stereocenters. The van der Waals surface area contributed by atoms with Gasteiger partial charge in [-0.2, -0.15) is 0 Å². The maximum absolute atomic E-state index is 11.4. The van der Waals surface area contributed by atoms with Crippen molar-refractivity contribution >= 4 is 12.0 Å². The number of carboxylic acids is 1. The molecule has 1 aliphatic rings. The number of aliphatic carboxylic acids is 1. The van der Waals surface area contributed by atoms with Crippen LogP contribution in [0.1, 0.15) is 25.7 Å². The van der Waals surface area contributed by atoms with Gasteiger partial charge in [-0.15, -0.1) is 0 Å². The maximum atomic E-state index is 11.4. The van der Waals surface area contributed by atoms with E-state index in [4.69, 9.17) is 5.11 Å². The summed E-state index contributed by atoms with van der Waals surface area (Å²) in [6, 6.07) is -0.0621. The Hall–Kier alpha value is -1.26. The van der Waals surface area contributed by atoms with Crippen LogP contribution in [0.3, 0.4) is 0 Å². The Morgan fingerprint density at radius 1 is 1.29 bits per heavy atom. The smallest absolute Gasteiger partial charge is 0.317 e. The fourth-order valence-electron chi connectivity index (χ4n) is 1.47. The van der Waals surface area contributed by atoms with E-state index in [0.29, 0.717) is 13.0 Å². The van der Waals surface area contributed by atoms with E-state index in [2.05, 4.69) is 5.32 Å². The van der Waals surface area contributed by atoms with E-state index < -0.39 is 5.97 Å². The molecule has 80 valence electrons. The average Bonchev–Trinajstić information content (AvgIpc) is 2.64. The normalized spacial score (nSPS) is 15.6. The Labute approximate surface area is 83.1 Å². The maximum Gasteiger partial charge on any atom is 0.317 e. The summed E-state index contributed by atoms with van der Waals surface area (Å²) in [6.07, 6.45) is 2.75. The number of hydrogen-bond donors (Lipinski definition) is 2. The number of rotatable bonds is 4. The van der Waals surface area contributed by atoms with Crippen LogP contribution in [0.2, 0.25) is 0 Å². The SMILES string of the molecule is O=C(O)CCCNC(=O)N1CCCC1.